The van der Waals surface area contributed by atoms with Crippen molar-refractivity contribution >= 4 is 5.97 Å². The minimum Gasteiger partial charge on any atom is -0.457 e. The fraction of sp³-hybridized carbons (Fsp3) is 0.667. The van der Waals surface area contributed by atoms with Crippen LogP contribution in [0.4, 0.5) is 0 Å². The minimum absolute atomic E-state index is 0.183. The third-order valence-electron chi connectivity index (χ3n) is 9.40. The van der Waals surface area contributed by atoms with Crippen LogP contribution in [0.15, 0.2) is 97.2 Å². The van der Waals surface area contributed by atoms with Crippen LogP contribution >= 0.6 is 0 Å². The Labute approximate surface area is 341 Å². The van der Waals surface area contributed by atoms with Crippen LogP contribution < -0.4 is 0 Å². The van der Waals surface area contributed by atoms with Gasteiger partial charge in [-0.15, -0.1) is 0 Å². The fourth-order valence-electron chi connectivity index (χ4n) is 6.07. The first-order valence-electron chi connectivity index (χ1n) is 22.8. The number of rotatable bonds is 41. The van der Waals surface area contributed by atoms with E-state index in [0.717, 1.165) is 70.6 Å². The second-order valence-electron chi connectivity index (χ2n) is 14.7. The molecular formula is C51H86O4. The molecule has 0 heterocycles. The van der Waals surface area contributed by atoms with Gasteiger partial charge < -0.3 is 14.6 Å². The zero-order valence-electron chi connectivity index (χ0n) is 35.9. The van der Waals surface area contributed by atoms with E-state index in [1.54, 1.807) is 0 Å². The lowest BCUT2D eigenvalue weighted by molar-refractivity contribution is -0.154. The predicted molar refractivity (Wildman–Crippen MR) is 242 cm³/mol. The first-order valence-corrected chi connectivity index (χ1v) is 22.8. The Balaban J connectivity index is 3.48. The van der Waals surface area contributed by atoms with E-state index in [2.05, 4.69) is 111 Å². The molecule has 0 saturated carbocycles. The summed E-state index contributed by atoms with van der Waals surface area (Å²) in [6, 6.07) is 0. The van der Waals surface area contributed by atoms with Gasteiger partial charge in [-0.25, -0.2) is 0 Å². The SMILES string of the molecule is CC/C=C\C/C=C\C/C=C\C/C=C\C/C=C\CCCCCCCCCCCCOCC(CO)OC(=O)CCCCCCCCC/C=C\C/C=C\C/C=C\CC. The van der Waals surface area contributed by atoms with Crippen LogP contribution in [0.25, 0.3) is 0 Å². The Morgan fingerprint density at radius 1 is 0.436 bits per heavy atom. The van der Waals surface area contributed by atoms with Gasteiger partial charge in [-0.2, -0.15) is 0 Å². The Hall–Kier alpha value is -2.69. The number of carbonyl (C=O) groups excluding carboxylic acids is 1. The normalized spacial score (nSPS) is 13.3. The largest absolute Gasteiger partial charge is 0.457 e. The maximum Gasteiger partial charge on any atom is 0.306 e. The van der Waals surface area contributed by atoms with E-state index in [1.165, 1.54) is 103 Å². The number of allylic oxidation sites excluding steroid dienone is 16. The van der Waals surface area contributed by atoms with E-state index < -0.39 is 6.10 Å². The van der Waals surface area contributed by atoms with E-state index in [1.807, 2.05) is 0 Å². The topological polar surface area (TPSA) is 55.8 Å². The maximum atomic E-state index is 12.2. The molecule has 314 valence electrons. The summed E-state index contributed by atoms with van der Waals surface area (Å²) in [7, 11) is 0. The zero-order valence-corrected chi connectivity index (χ0v) is 35.9. The van der Waals surface area contributed by atoms with E-state index in [9.17, 15) is 9.90 Å². The third-order valence-corrected chi connectivity index (χ3v) is 9.40. The lowest BCUT2D eigenvalue weighted by Gasteiger charge is -2.16. The smallest absolute Gasteiger partial charge is 0.306 e. The molecule has 0 fully saturated rings. The summed E-state index contributed by atoms with van der Waals surface area (Å²) in [6.45, 7) is 5.09. The van der Waals surface area contributed by atoms with Gasteiger partial charge >= 0.3 is 5.97 Å². The summed E-state index contributed by atoms with van der Waals surface area (Å²) >= 11 is 0. The highest BCUT2D eigenvalue weighted by molar-refractivity contribution is 5.69. The van der Waals surface area contributed by atoms with Gasteiger partial charge in [0, 0.05) is 13.0 Å². The highest BCUT2D eigenvalue weighted by Gasteiger charge is 2.13. The average molecular weight is 763 g/mol. The molecule has 0 aliphatic carbocycles. The fourth-order valence-corrected chi connectivity index (χ4v) is 6.07. The van der Waals surface area contributed by atoms with E-state index >= 15 is 0 Å². The Kier molecular flexibility index (Phi) is 45.1. The highest BCUT2D eigenvalue weighted by Crippen LogP contribution is 2.13. The number of aliphatic hydroxyl groups is 1. The van der Waals surface area contributed by atoms with Crippen molar-refractivity contribution in [2.24, 2.45) is 0 Å². The molecule has 0 aromatic heterocycles. The van der Waals surface area contributed by atoms with Gasteiger partial charge in [0.05, 0.1) is 13.2 Å². The van der Waals surface area contributed by atoms with E-state index in [-0.39, 0.29) is 19.2 Å². The molecule has 1 N–H and O–H groups in total. The number of esters is 1. The molecular weight excluding hydrogens is 677 g/mol. The van der Waals surface area contributed by atoms with Gasteiger partial charge in [-0.3, -0.25) is 4.79 Å². The summed E-state index contributed by atoms with van der Waals surface area (Å²) < 4.78 is 11.2. The summed E-state index contributed by atoms with van der Waals surface area (Å²) in [6.07, 6.45) is 67.6. The molecule has 4 nitrogen and oxygen atoms in total. The molecule has 0 aliphatic heterocycles. The molecule has 55 heavy (non-hydrogen) atoms. The van der Waals surface area contributed by atoms with Crippen LogP contribution in [0.2, 0.25) is 0 Å². The molecule has 0 spiro atoms. The van der Waals surface area contributed by atoms with Crippen LogP contribution in [-0.2, 0) is 14.3 Å². The molecule has 0 amide bonds. The van der Waals surface area contributed by atoms with Crippen molar-refractivity contribution in [2.45, 2.75) is 200 Å². The monoisotopic (exact) mass is 763 g/mol. The van der Waals surface area contributed by atoms with Gasteiger partial charge in [-0.05, 0) is 89.9 Å². The lowest BCUT2D eigenvalue weighted by atomic mass is 10.1. The first kappa shape index (κ1) is 52.3. The van der Waals surface area contributed by atoms with E-state index in [4.69, 9.17) is 9.47 Å². The third kappa shape index (κ3) is 45.6. The van der Waals surface area contributed by atoms with Crippen molar-refractivity contribution in [1.82, 2.24) is 0 Å². The summed E-state index contributed by atoms with van der Waals surface area (Å²) in [5.74, 6) is -0.216. The van der Waals surface area contributed by atoms with E-state index in [0.29, 0.717) is 13.0 Å². The van der Waals surface area contributed by atoms with Crippen molar-refractivity contribution < 1.29 is 19.4 Å². The number of carbonyl (C=O) groups is 1. The molecule has 0 radical (unpaired) electrons. The first-order chi connectivity index (χ1) is 27.2. The number of unbranched alkanes of at least 4 members (excludes halogenated alkanes) is 17. The molecule has 0 aromatic carbocycles. The van der Waals surface area contributed by atoms with Gasteiger partial charge in [0.1, 0.15) is 6.10 Å². The molecule has 0 rings (SSSR count). The number of aliphatic hydroxyl groups excluding tert-OH is 1. The summed E-state index contributed by atoms with van der Waals surface area (Å²) in [5.41, 5.74) is 0. The van der Waals surface area contributed by atoms with Crippen molar-refractivity contribution in [3.8, 4) is 0 Å². The number of ether oxygens (including phenoxy) is 2. The molecule has 0 aliphatic rings. The van der Waals surface area contributed by atoms with Crippen LogP contribution in [0.3, 0.4) is 0 Å². The van der Waals surface area contributed by atoms with Crippen LogP contribution in [0.5, 0.6) is 0 Å². The maximum absolute atomic E-state index is 12.2. The molecule has 1 atom stereocenters. The molecule has 4 heteroatoms. The Morgan fingerprint density at radius 3 is 1.15 bits per heavy atom. The summed E-state index contributed by atoms with van der Waals surface area (Å²) in [5, 5.41) is 9.62. The van der Waals surface area contributed by atoms with Crippen LogP contribution in [0, 0.1) is 0 Å². The van der Waals surface area contributed by atoms with Gasteiger partial charge in [0.25, 0.3) is 0 Å². The van der Waals surface area contributed by atoms with Crippen molar-refractivity contribution in [2.75, 3.05) is 19.8 Å². The Bertz CT molecular complexity index is 1030. The average Bonchev–Trinajstić information content (AvgIpc) is 3.19. The zero-order chi connectivity index (χ0) is 39.8. The minimum atomic E-state index is -0.548. The highest BCUT2D eigenvalue weighted by atomic mass is 16.6. The summed E-state index contributed by atoms with van der Waals surface area (Å²) in [4.78, 5) is 12.2. The second kappa shape index (κ2) is 47.5. The van der Waals surface area contributed by atoms with Gasteiger partial charge in [0.2, 0.25) is 0 Å². The molecule has 0 saturated heterocycles. The molecule has 0 aromatic rings. The van der Waals surface area contributed by atoms with Crippen molar-refractivity contribution in [3.05, 3.63) is 97.2 Å². The van der Waals surface area contributed by atoms with Crippen molar-refractivity contribution in [1.29, 1.82) is 0 Å². The number of hydrogen-bond donors (Lipinski definition) is 1. The standard InChI is InChI=1S/C51H86O4/c1-3-5-7-9-11-13-15-17-19-21-22-23-24-25-26-27-28-29-31-33-35-37-39-41-43-45-47-54-49-50(48-52)55-51(53)46-44-42-40-38-36-34-32-30-20-18-16-14-12-10-8-6-4-2/h5-8,11-14,17-20,22-23,25-26,50,52H,3-4,9-10,15-16,21,24,27-49H2,1-2H3/b7-5-,8-6-,13-11-,14-12-,19-17-,20-18-,23-22-,26-25-. The number of hydrogen-bond acceptors (Lipinski definition) is 4. The van der Waals surface area contributed by atoms with Crippen LogP contribution in [-0.4, -0.2) is 37.0 Å². The van der Waals surface area contributed by atoms with Crippen LogP contribution in [0.1, 0.15) is 194 Å². The van der Waals surface area contributed by atoms with Gasteiger partial charge in [-0.1, -0.05) is 195 Å². The van der Waals surface area contributed by atoms with Gasteiger partial charge in [0.15, 0.2) is 0 Å². The molecule has 0 bridgehead atoms. The molecule has 1 unspecified atom stereocenters. The van der Waals surface area contributed by atoms with Crippen molar-refractivity contribution in [3.63, 3.8) is 0 Å². The lowest BCUT2D eigenvalue weighted by Crippen LogP contribution is -2.27. The predicted octanol–water partition coefficient (Wildman–Crippen LogP) is 15.3. The Morgan fingerprint density at radius 2 is 0.764 bits per heavy atom. The second-order valence-corrected chi connectivity index (χ2v) is 14.7. The quantitative estimate of drug-likeness (QED) is 0.0383.